The molecule has 1 aliphatic rings. The van der Waals surface area contributed by atoms with Gasteiger partial charge in [0.15, 0.2) is 5.82 Å². The van der Waals surface area contributed by atoms with Crippen LogP contribution in [0.3, 0.4) is 0 Å². The van der Waals surface area contributed by atoms with Gasteiger partial charge in [0.2, 0.25) is 5.91 Å². The van der Waals surface area contributed by atoms with Crippen LogP contribution in [0.5, 0.6) is 0 Å². The van der Waals surface area contributed by atoms with Crippen molar-refractivity contribution in [2.45, 2.75) is 25.4 Å². The molecule has 1 atom stereocenters. The van der Waals surface area contributed by atoms with Gasteiger partial charge in [0.25, 0.3) is 0 Å². The zero-order valence-corrected chi connectivity index (χ0v) is 16.4. The number of tetrazole rings is 1. The van der Waals surface area contributed by atoms with E-state index in [0.717, 1.165) is 25.1 Å². The van der Waals surface area contributed by atoms with Crippen LogP contribution >= 0.6 is 23.2 Å². The SMILES string of the molecule is O=C(Nc1cc(Cl)cc(Cl)c1)[C@@H]1CCCN1Cc1nnnn1-c1ccccc1. The van der Waals surface area contributed by atoms with E-state index in [1.165, 1.54) is 0 Å². The van der Waals surface area contributed by atoms with E-state index in [0.29, 0.717) is 28.1 Å². The van der Waals surface area contributed by atoms with Crippen LogP contribution in [0.25, 0.3) is 5.69 Å². The third-order valence-electron chi connectivity index (χ3n) is 4.68. The maximum absolute atomic E-state index is 12.8. The lowest BCUT2D eigenvalue weighted by atomic mass is 10.2. The molecule has 1 N–H and O–H groups in total. The molecule has 0 spiro atoms. The van der Waals surface area contributed by atoms with Crippen LogP contribution in [0.2, 0.25) is 10.0 Å². The summed E-state index contributed by atoms with van der Waals surface area (Å²) in [6, 6.07) is 14.4. The summed E-state index contributed by atoms with van der Waals surface area (Å²) < 4.78 is 1.70. The highest BCUT2D eigenvalue weighted by Gasteiger charge is 2.32. The summed E-state index contributed by atoms with van der Waals surface area (Å²) in [5, 5.41) is 15.9. The Morgan fingerprint density at radius 3 is 2.64 bits per heavy atom. The number of carbonyl (C=O) groups excluding carboxylic acids is 1. The number of anilines is 1. The second-order valence-corrected chi connectivity index (χ2v) is 7.49. The van der Waals surface area contributed by atoms with E-state index in [4.69, 9.17) is 23.2 Å². The van der Waals surface area contributed by atoms with Crippen molar-refractivity contribution < 1.29 is 4.79 Å². The van der Waals surface area contributed by atoms with Crippen LogP contribution in [0.15, 0.2) is 48.5 Å². The van der Waals surface area contributed by atoms with Gasteiger partial charge in [0.1, 0.15) is 0 Å². The van der Waals surface area contributed by atoms with Crippen molar-refractivity contribution in [3.05, 3.63) is 64.4 Å². The highest BCUT2D eigenvalue weighted by Crippen LogP contribution is 2.25. The van der Waals surface area contributed by atoms with E-state index < -0.39 is 0 Å². The smallest absolute Gasteiger partial charge is 0.241 e. The van der Waals surface area contributed by atoms with Crippen molar-refractivity contribution in [2.24, 2.45) is 0 Å². The van der Waals surface area contributed by atoms with Gasteiger partial charge in [-0.15, -0.1) is 5.10 Å². The molecule has 1 aliphatic heterocycles. The Hall–Kier alpha value is -2.48. The van der Waals surface area contributed by atoms with E-state index in [1.54, 1.807) is 22.9 Å². The first-order chi connectivity index (χ1) is 13.6. The Balaban J connectivity index is 1.49. The van der Waals surface area contributed by atoms with Crippen molar-refractivity contribution in [3.63, 3.8) is 0 Å². The topological polar surface area (TPSA) is 75.9 Å². The van der Waals surface area contributed by atoms with Crippen molar-refractivity contribution in [1.29, 1.82) is 0 Å². The zero-order chi connectivity index (χ0) is 19.5. The number of nitrogens with one attached hydrogen (secondary N) is 1. The highest BCUT2D eigenvalue weighted by atomic mass is 35.5. The Labute approximate surface area is 172 Å². The summed E-state index contributed by atoms with van der Waals surface area (Å²) in [5.41, 5.74) is 1.47. The number of aromatic nitrogens is 4. The maximum Gasteiger partial charge on any atom is 0.241 e. The molecule has 0 bridgehead atoms. The van der Waals surface area contributed by atoms with Crippen LogP contribution in [0.4, 0.5) is 5.69 Å². The predicted molar refractivity (Wildman–Crippen MR) is 108 cm³/mol. The van der Waals surface area contributed by atoms with E-state index in [1.807, 2.05) is 30.3 Å². The second kappa shape index (κ2) is 8.26. The van der Waals surface area contributed by atoms with Crippen LogP contribution in [-0.4, -0.2) is 43.6 Å². The summed E-state index contributed by atoms with van der Waals surface area (Å²) >= 11 is 12.0. The standard InChI is InChI=1S/C19H18Cl2N6O/c20-13-9-14(21)11-15(10-13)22-19(28)17-7-4-8-26(17)12-18-23-24-25-27(18)16-5-2-1-3-6-16/h1-3,5-6,9-11,17H,4,7-8,12H2,(H,22,28)/t17-/m0/s1. The summed E-state index contributed by atoms with van der Waals surface area (Å²) in [4.78, 5) is 14.9. The molecule has 0 aliphatic carbocycles. The van der Waals surface area contributed by atoms with Crippen molar-refractivity contribution >= 4 is 34.8 Å². The van der Waals surface area contributed by atoms with Crippen LogP contribution in [-0.2, 0) is 11.3 Å². The van der Waals surface area contributed by atoms with Gasteiger partial charge in [0, 0.05) is 15.7 Å². The third kappa shape index (κ3) is 4.16. The van der Waals surface area contributed by atoms with Gasteiger partial charge in [-0.2, -0.15) is 4.68 Å². The quantitative estimate of drug-likeness (QED) is 0.687. The fourth-order valence-electron chi connectivity index (χ4n) is 3.42. The molecule has 1 amide bonds. The maximum atomic E-state index is 12.8. The molecule has 1 aromatic heterocycles. The van der Waals surface area contributed by atoms with Gasteiger partial charge in [-0.05, 0) is 60.1 Å². The minimum Gasteiger partial charge on any atom is -0.325 e. The normalized spacial score (nSPS) is 17.0. The monoisotopic (exact) mass is 416 g/mol. The van der Waals surface area contributed by atoms with E-state index in [-0.39, 0.29) is 11.9 Å². The molecule has 0 unspecified atom stereocenters. The molecule has 4 rings (SSSR count). The lowest BCUT2D eigenvalue weighted by molar-refractivity contribution is -0.120. The number of likely N-dealkylation sites (tertiary alicyclic amines) is 1. The molecule has 0 radical (unpaired) electrons. The van der Waals surface area contributed by atoms with Gasteiger partial charge < -0.3 is 5.32 Å². The Kier molecular flexibility index (Phi) is 5.57. The first-order valence-corrected chi connectivity index (χ1v) is 9.69. The molecule has 3 aromatic rings. The summed E-state index contributed by atoms with van der Waals surface area (Å²) in [7, 11) is 0. The van der Waals surface area contributed by atoms with E-state index >= 15 is 0 Å². The minimum absolute atomic E-state index is 0.0884. The highest BCUT2D eigenvalue weighted by molar-refractivity contribution is 6.35. The number of benzene rings is 2. The Morgan fingerprint density at radius 1 is 1.14 bits per heavy atom. The van der Waals surface area contributed by atoms with Gasteiger partial charge in [-0.3, -0.25) is 9.69 Å². The van der Waals surface area contributed by atoms with E-state index in [2.05, 4.69) is 25.7 Å². The minimum atomic E-state index is -0.265. The number of para-hydroxylation sites is 1. The molecule has 9 heteroatoms. The molecule has 28 heavy (non-hydrogen) atoms. The number of hydrogen-bond acceptors (Lipinski definition) is 5. The predicted octanol–water partition coefficient (Wildman–Crippen LogP) is 3.57. The molecule has 1 saturated heterocycles. The first kappa shape index (κ1) is 18.9. The second-order valence-electron chi connectivity index (χ2n) is 6.62. The van der Waals surface area contributed by atoms with Gasteiger partial charge in [-0.1, -0.05) is 41.4 Å². The van der Waals surface area contributed by atoms with E-state index in [9.17, 15) is 4.79 Å². The van der Waals surface area contributed by atoms with Crippen LogP contribution < -0.4 is 5.32 Å². The third-order valence-corrected chi connectivity index (χ3v) is 5.11. The molecule has 1 fully saturated rings. The van der Waals surface area contributed by atoms with Crippen molar-refractivity contribution in [3.8, 4) is 5.69 Å². The number of nitrogens with zero attached hydrogens (tertiary/aromatic N) is 5. The lowest BCUT2D eigenvalue weighted by Gasteiger charge is -2.23. The Bertz CT molecular complexity index is 957. The van der Waals surface area contributed by atoms with Crippen molar-refractivity contribution in [1.82, 2.24) is 25.1 Å². The number of carbonyl (C=O) groups is 1. The number of amides is 1. The zero-order valence-electron chi connectivity index (χ0n) is 14.9. The van der Waals surface area contributed by atoms with Crippen molar-refractivity contribution in [2.75, 3.05) is 11.9 Å². The number of hydrogen-bond donors (Lipinski definition) is 1. The van der Waals surface area contributed by atoms with Crippen LogP contribution in [0.1, 0.15) is 18.7 Å². The largest absolute Gasteiger partial charge is 0.325 e. The van der Waals surface area contributed by atoms with Gasteiger partial charge >= 0.3 is 0 Å². The molecular weight excluding hydrogens is 399 g/mol. The Morgan fingerprint density at radius 2 is 1.89 bits per heavy atom. The summed E-state index contributed by atoms with van der Waals surface area (Å²) in [6.07, 6.45) is 1.70. The summed E-state index contributed by atoms with van der Waals surface area (Å²) in [5.74, 6) is 0.603. The fraction of sp³-hybridized carbons (Fsp3) is 0.263. The van der Waals surface area contributed by atoms with Gasteiger partial charge in [0.05, 0.1) is 18.3 Å². The average molecular weight is 417 g/mol. The molecular formula is C19H18Cl2N6O. The number of rotatable bonds is 5. The first-order valence-electron chi connectivity index (χ1n) is 8.94. The molecule has 7 nitrogen and oxygen atoms in total. The van der Waals surface area contributed by atoms with Crippen LogP contribution in [0, 0.1) is 0 Å². The summed E-state index contributed by atoms with van der Waals surface area (Å²) in [6.45, 7) is 1.28. The average Bonchev–Trinajstić information content (AvgIpc) is 3.31. The fourth-order valence-corrected chi connectivity index (χ4v) is 3.95. The molecule has 144 valence electrons. The van der Waals surface area contributed by atoms with Gasteiger partial charge in [-0.25, -0.2) is 0 Å². The molecule has 0 saturated carbocycles. The number of halogens is 2. The molecule has 2 aromatic carbocycles. The lowest BCUT2D eigenvalue weighted by Crippen LogP contribution is -2.39. The molecule has 2 heterocycles.